The summed E-state index contributed by atoms with van der Waals surface area (Å²) in [6.07, 6.45) is 4.15. The summed E-state index contributed by atoms with van der Waals surface area (Å²) in [6, 6.07) is 10.8. The van der Waals surface area contributed by atoms with Crippen LogP contribution in [0.4, 0.5) is 0 Å². The fourth-order valence-electron chi connectivity index (χ4n) is 3.93. The van der Waals surface area contributed by atoms with E-state index in [-0.39, 0.29) is 12.0 Å². The third-order valence-corrected chi connectivity index (χ3v) is 5.17. The van der Waals surface area contributed by atoms with E-state index in [0.717, 1.165) is 52.0 Å². The highest BCUT2D eigenvalue weighted by atomic mass is 16.4. The van der Waals surface area contributed by atoms with Crippen LogP contribution in [0.25, 0.3) is 0 Å². The van der Waals surface area contributed by atoms with Crippen LogP contribution < -0.4 is 0 Å². The van der Waals surface area contributed by atoms with Crippen molar-refractivity contribution in [2.45, 2.75) is 38.3 Å². The minimum Gasteiger partial charge on any atom is -0.481 e. The van der Waals surface area contributed by atoms with Crippen LogP contribution in [-0.2, 0) is 11.3 Å². The van der Waals surface area contributed by atoms with E-state index < -0.39 is 5.97 Å². The first kappa shape index (κ1) is 15.5. The third kappa shape index (κ3) is 3.68. The summed E-state index contributed by atoms with van der Waals surface area (Å²) in [7, 11) is 0. The Morgan fingerprint density at radius 3 is 2.41 bits per heavy atom. The van der Waals surface area contributed by atoms with Gasteiger partial charge in [0.2, 0.25) is 0 Å². The maximum atomic E-state index is 11.5. The highest BCUT2D eigenvalue weighted by Gasteiger charge is 2.35. The van der Waals surface area contributed by atoms with Crippen molar-refractivity contribution in [2.24, 2.45) is 5.92 Å². The molecule has 0 bridgehead atoms. The Labute approximate surface area is 132 Å². The van der Waals surface area contributed by atoms with Crippen molar-refractivity contribution in [2.75, 3.05) is 26.2 Å². The van der Waals surface area contributed by atoms with Gasteiger partial charge in [-0.25, -0.2) is 0 Å². The number of carboxylic acids is 1. The van der Waals surface area contributed by atoms with Crippen molar-refractivity contribution >= 4 is 5.97 Å². The number of nitrogens with zero attached hydrogens (tertiary/aromatic N) is 2. The van der Waals surface area contributed by atoms with E-state index in [1.54, 1.807) is 0 Å². The maximum Gasteiger partial charge on any atom is 0.308 e. The zero-order valence-corrected chi connectivity index (χ0v) is 13.2. The van der Waals surface area contributed by atoms with Crippen molar-refractivity contribution in [3.63, 3.8) is 0 Å². The largest absolute Gasteiger partial charge is 0.481 e. The molecule has 2 atom stereocenters. The molecule has 1 heterocycles. The number of carbonyl (C=O) groups is 1. The molecule has 22 heavy (non-hydrogen) atoms. The van der Waals surface area contributed by atoms with E-state index in [4.69, 9.17) is 0 Å². The molecule has 120 valence electrons. The van der Waals surface area contributed by atoms with Crippen molar-refractivity contribution < 1.29 is 9.90 Å². The molecule has 1 saturated carbocycles. The maximum absolute atomic E-state index is 11.5. The number of rotatable bonds is 4. The van der Waals surface area contributed by atoms with Crippen LogP contribution in [0.15, 0.2) is 30.3 Å². The Bertz CT molecular complexity index is 483. The SMILES string of the molecule is O=C(O)[C@@H]1CCCC[C@H]1N1CCN(Cc2ccccc2)CC1. The van der Waals surface area contributed by atoms with Crippen LogP contribution in [0, 0.1) is 5.92 Å². The fraction of sp³-hybridized carbons (Fsp3) is 0.611. The molecule has 4 heteroatoms. The zero-order valence-electron chi connectivity index (χ0n) is 13.2. The van der Waals surface area contributed by atoms with Crippen molar-refractivity contribution in [1.29, 1.82) is 0 Å². The lowest BCUT2D eigenvalue weighted by Gasteiger charge is -2.43. The van der Waals surface area contributed by atoms with Crippen LogP contribution in [0.1, 0.15) is 31.2 Å². The Morgan fingerprint density at radius 1 is 1.05 bits per heavy atom. The predicted molar refractivity (Wildman–Crippen MR) is 86.7 cm³/mol. The molecule has 1 saturated heterocycles. The van der Waals surface area contributed by atoms with Gasteiger partial charge in [-0.3, -0.25) is 14.6 Å². The first-order valence-electron chi connectivity index (χ1n) is 8.47. The molecule has 2 aliphatic rings. The van der Waals surface area contributed by atoms with E-state index >= 15 is 0 Å². The lowest BCUT2D eigenvalue weighted by atomic mass is 9.83. The molecule has 1 aromatic rings. The first-order chi connectivity index (χ1) is 10.7. The van der Waals surface area contributed by atoms with Crippen LogP contribution in [-0.4, -0.2) is 53.1 Å². The van der Waals surface area contributed by atoms with E-state index in [0.29, 0.717) is 0 Å². The van der Waals surface area contributed by atoms with Gasteiger partial charge in [0, 0.05) is 38.8 Å². The minimum absolute atomic E-state index is 0.158. The average Bonchev–Trinajstić information content (AvgIpc) is 2.56. The van der Waals surface area contributed by atoms with Crippen LogP contribution >= 0.6 is 0 Å². The topological polar surface area (TPSA) is 43.8 Å². The Morgan fingerprint density at radius 2 is 1.73 bits per heavy atom. The summed E-state index contributed by atoms with van der Waals surface area (Å²) in [5.41, 5.74) is 1.36. The molecule has 0 unspecified atom stereocenters. The van der Waals surface area contributed by atoms with Gasteiger partial charge in [-0.15, -0.1) is 0 Å². The van der Waals surface area contributed by atoms with E-state index in [9.17, 15) is 9.90 Å². The average molecular weight is 302 g/mol. The molecule has 0 spiro atoms. The molecule has 4 nitrogen and oxygen atoms in total. The molecular formula is C18H26N2O2. The Kier molecular flexibility index (Phi) is 5.11. The summed E-state index contributed by atoms with van der Waals surface area (Å²) in [5.74, 6) is -0.758. The standard InChI is InChI=1S/C18H26N2O2/c21-18(22)16-8-4-5-9-17(16)20-12-10-19(11-13-20)14-15-6-2-1-3-7-15/h1-3,6-7,16-17H,4-5,8-14H2,(H,21,22)/t16-,17-/m1/s1. The van der Waals surface area contributed by atoms with Gasteiger partial charge in [0.1, 0.15) is 0 Å². The number of piperazine rings is 1. The molecule has 0 amide bonds. The number of carboxylic acid groups (broad SMARTS) is 1. The van der Waals surface area contributed by atoms with E-state index in [1.165, 1.54) is 12.0 Å². The molecule has 2 fully saturated rings. The van der Waals surface area contributed by atoms with Crippen molar-refractivity contribution in [1.82, 2.24) is 9.80 Å². The van der Waals surface area contributed by atoms with Crippen LogP contribution in [0.5, 0.6) is 0 Å². The van der Waals surface area contributed by atoms with Gasteiger partial charge in [-0.2, -0.15) is 0 Å². The second-order valence-electron chi connectivity index (χ2n) is 6.59. The summed E-state index contributed by atoms with van der Waals surface area (Å²) in [4.78, 5) is 16.4. The molecule has 1 aliphatic carbocycles. The van der Waals surface area contributed by atoms with Crippen molar-refractivity contribution in [3.8, 4) is 0 Å². The lowest BCUT2D eigenvalue weighted by molar-refractivity contribution is -0.146. The second kappa shape index (κ2) is 7.25. The smallest absolute Gasteiger partial charge is 0.308 e. The van der Waals surface area contributed by atoms with Gasteiger partial charge in [-0.05, 0) is 18.4 Å². The van der Waals surface area contributed by atoms with Crippen LogP contribution in [0.3, 0.4) is 0 Å². The first-order valence-corrected chi connectivity index (χ1v) is 8.47. The molecule has 1 aliphatic heterocycles. The van der Waals surface area contributed by atoms with Gasteiger partial charge >= 0.3 is 5.97 Å². The lowest BCUT2D eigenvalue weighted by Crippen LogP contribution is -2.53. The van der Waals surface area contributed by atoms with Gasteiger partial charge < -0.3 is 5.11 Å². The molecular weight excluding hydrogens is 276 g/mol. The predicted octanol–water partition coefficient (Wildman–Crippen LogP) is 2.45. The summed E-state index contributed by atoms with van der Waals surface area (Å²) in [5, 5.41) is 9.45. The zero-order chi connectivity index (χ0) is 15.4. The molecule has 1 aromatic carbocycles. The van der Waals surface area contributed by atoms with Crippen molar-refractivity contribution in [3.05, 3.63) is 35.9 Å². The Hall–Kier alpha value is -1.39. The summed E-state index contributed by atoms with van der Waals surface area (Å²) < 4.78 is 0. The fourth-order valence-corrected chi connectivity index (χ4v) is 3.93. The van der Waals surface area contributed by atoms with Gasteiger partial charge in [0.25, 0.3) is 0 Å². The quantitative estimate of drug-likeness (QED) is 0.928. The molecule has 0 aromatic heterocycles. The minimum atomic E-state index is -0.601. The van der Waals surface area contributed by atoms with Gasteiger partial charge in [0.15, 0.2) is 0 Å². The summed E-state index contributed by atoms with van der Waals surface area (Å²) in [6.45, 7) is 5.08. The normalized spacial score (nSPS) is 27.6. The van der Waals surface area contributed by atoms with Crippen LogP contribution in [0.2, 0.25) is 0 Å². The van der Waals surface area contributed by atoms with E-state index in [1.807, 2.05) is 0 Å². The highest BCUT2D eigenvalue weighted by molar-refractivity contribution is 5.71. The second-order valence-corrected chi connectivity index (χ2v) is 6.59. The van der Waals surface area contributed by atoms with E-state index in [2.05, 4.69) is 40.1 Å². The number of aliphatic carboxylic acids is 1. The number of hydrogen-bond donors (Lipinski definition) is 1. The monoisotopic (exact) mass is 302 g/mol. The van der Waals surface area contributed by atoms with Gasteiger partial charge in [0.05, 0.1) is 5.92 Å². The molecule has 3 rings (SSSR count). The number of hydrogen-bond acceptors (Lipinski definition) is 3. The number of benzene rings is 1. The molecule has 1 N–H and O–H groups in total. The Balaban J connectivity index is 1.53. The highest BCUT2D eigenvalue weighted by Crippen LogP contribution is 2.29. The summed E-state index contributed by atoms with van der Waals surface area (Å²) >= 11 is 0. The van der Waals surface area contributed by atoms with Gasteiger partial charge in [-0.1, -0.05) is 43.2 Å². The molecule has 0 radical (unpaired) electrons. The third-order valence-electron chi connectivity index (χ3n) is 5.17.